The first-order chi connectivity index (χ1) is 13.4. The monoisotopic (exact) mass is 408 g/mol. The first-order valence-electron chi connectivity index (χ1n) is 9.44. The third-order valence-corrected chi connectivity index (χ3v) is 7.26. The van der Waals surface area contributed by atoms with E-state index in [1.165, 1.54) is 10.4 Å². The normalized spacial score (nSPS) is 15.9. The first kappa shape index (κ1) is 20.5. The van der Waals surface area contributed by atoms with Crippen LogP contribution < -0.4 is 0 Å². The highest BCUT2D eigenvalue weighted by Gasteiger charge is 2.28. The van der Waals surface area contributed by atoms with Crippen molar-refractivity contribution in [3.05, 3.63) is 48.3 Å². The van der Waals surface area contributed by atoms with Crippen LogP contribution in [0.1, 0.15) is 43.1 Å². The van der Waals surface area contributed by atoms with Crippen molar-refractivity contribution in [1.82, 2.24) is 18.8 Å². The maximum Gasteiger partial charge on any atom is 0.256 e. The fraction of sp³-hybridized carbons (Fsp3) is 0.474. The average Bonchev–Trinajstić information content (AvgIpc) is 3.23. The van der Waals surface area contributed by atoms with E-state index in [1.807, 2.05) is 10.8 Å². The fourth-order valence-electron chi connectivity index (χ4n) is 3.56. The van der Waals surface area contributed by atoms with Crippen molar-refractivity contribution < 1.29 is 17.6 Å². The summed E-state index contributed by atoms with van der Waals surface area (Å²) >= 11 is 0. The van der Waals surface area contributed by atoms with Crippen molar-refractivity contribution in [2.75, 3.05) is 26.2 Å². The molecule has 0 radical (unpaired) electrons. The predicted octanol–water partition coefficient (Wildman–Crippen LogP) is 2.53. The van der Waals surface area contributed by atoms with Crippen LogP contribution in [0, 0.1) is 5.82 Å². The van der Waals surface area contributed by atoms with Crippen LogP contribution in [0.5, 0.6) is 0 Å². The van der Waals surface area contributed by atoms with Gasteiger partial charge in [-0.1, -0.05) is 13.8 Å². The SMILES string of the molecule is CCN(CC)S(=O)(=O)c1ccc(F)c(C(=O)N2CCC(n3ccnc3)CC2)c1. The smallest absolute Gasteiger partial charge is 0.256 e. The number of imidazole rings is 1. The van der Waals surface area contributed by atoms with E-state index < -0.39 is 21.7 Å². The Kier molecular flexibility index (Phi) is 6.14. The number of nitrogens with zero attached hydrogens (tertiary/aromatic N) is 4. The average molecular weight is 408 g/mol. The summed E-state index contributed by atoms with van der Waals surface area (Å²) in [5.41, 5.74) is -0.200. The fourth-order valence-corrected chi connectivity index (χ4v) is 5.05. The Morgan fingerprint density at radius 3 is 2.50 bits per heavy atom. The Balaban J connectivity index is 1.79. The minimum absolute atomic E-state index is 0.0609. The summed E-state index contributed by atoms with van der Waals surface area (Å²) in [5.74, 6) is -1.18. The zero-order valence-corrected chi connectivity index (χ0v) is 16.9. The molecule has 1 aromatic carbocycles. The van der Waals surface area contributed by atoms with Crippen molar-refractivity contribution in [2.45, 2.75) is 37.6 Å². The van der Waals surface area contributed by atoms with E-state index in [1.54, 1.807) is 31.3 Å². The number of halogens is 1. The van der Waals surface area contributed by atoms with Gasteiger partial charge in [0.2, 0.25) is 10.0 Å². The van der Waals surface area contributed by atoms with Crippen LogP contribution in [0.2, 0.25) is 0 Å². The molecule has 7 nitrogen and oxygen atoms in total. The quantitative estimate of drug-likeness (QED) is 0.736. The molecule has 0 N–H and O–H groups in total. The largest absolute Gasteiger partial charge is 0.338 e. The molecule has 2 heterocycles. The summed E-state index contributed by atoms with van der Waals surface area (Å²) in [6.45, 7) is 5.05. The van der Waals surface area contributed by atoms with E-state index in [4.69, 9.17) is 0 Å². The minimum Gasteiger partial charge on any atom is -0.338 e. The lowest BCUT2D eigenvalue weighted by Gasteiger charge is -2.32. The van der Waals surface area contributed by atoms with Crippen LogP contribution in [0.4, 0.5) is 4.39 Å². The van der Waals surface area contributed by atoms with Crippen LogP contribution in [-0.2, 0) is 10.0 Å². The molecule has 0 spiro atoms. The molecule has 0 aliphatic carbocycles. The number of carbonyl (C=O) groups excluding carboxylic acids is 1. The van der Waals surface area contributed by atoms with Gasteiger partial charge in [-0.25, -0.2) is 17.8 Å². The second kappa shape index (κ2) is 8.40. The van der Waals surface area contributed by atoms with E-state index in [2.05, 4.69) is 4.98 Å². The maximum absolute atomic E-state index is 14.4. The first-order valence-corrected chi connectivity index (χ1v) is 10.9. The number of carbonyl (C=O) groups is 1. The summed E-state index contributed by atoms with van der Waals surface area (Å²) in [7, 11) is -3.76. The Hall–Kier alpha value is -2.26. The van der Waals surface area contributed by atoms with E-state index in [9.17, 15) is 17.6 Å². The molecule has 28 heavy (non-hydrogen) atoms. The molecule has 1 amide bonds. The molecule has 152 valence electrons. The Labute approximate surface area is 164 Å². The second-order valence-electron chi connectivity index (χ2n) is 6.76. The number of hydrogen-bond donors (Lipinski definition) is 0. The van der Waals surface area contributed by atoms with Gasteiger partial charge in [0.05, 0.1) is 16.8 Å². The van der Waals surface area contributed by atoms with Gasteiger partial charge in [-0.3, -0.25) is 4.79 Å². The third kappa shape index (κ3) is 3.95. The van der Waals surface area contributed by atoms with Crippen molar-refractivity contribution in [2.24, 2.45) is 0 Å². The summed E-state index contributed by atoms with van der Waals surface area (Å²) in [5, 5.41) is 0. The topological polar surface area (TPSA) is 75.5 Å². The number of amides is 1. The highest BCUT2D eigenvalue weighted by atomic mass is 32.2. The number of aromatic nitrogens is 2. The lowest BCUT2D eigenvalue weighted by molar-refractivity contribution is 0.0689. The van der Waals surface area contributed by atoms with Gasteiger partial charge in [-0.15, -0.1) is 0 Å². The number of likely N-dealkylation sites (tertiary alicyclic amines) is 1. The van der Waals surface area contributed by atoms with E-state index in [0.717, 1.165) is 25.0 Å². The Bertz CT molecular complexity index is 919. The number of rotatable bonds is 6. The molecule has 0 bridgehead atoms. The van der Waals surface area contributed by atoms with Crippen molar-refractivity contribution in [3.8, 4) is 0 Å². The van der Waals surface area contributed by atoms with Gasteiger partial charge in [-0.05, 0) is 31.0 Å². The van der Waals surface area contributed by atoms with Gasteiger partial charge >= 0.3 is 0 Å². The van der Waals surface area contributed by atoms with E-state index in [0.29, 0.717) is 26.2 Å². The zero-order chi connectivity index (χ0) is 20.3. The van der Waals surface area contributed by atoms with Crippen LogP contribution in [0.3, 0.4) is 0 Å². The van der Waals surface area contributed by atoms with E-state index in [-0.39, 0.29) is 16.5 Å². The van der Waals surface area contributed by atoms with Crippen LogP contribution in [0.25, 0.3) is 0 Å². The number of hydrogen-bond acceptors (Lipinski definition) is 4. The van der Waals surface area contributed by atoms with E-state index >= 15 is 0 Å². The van der Waals surface area contributed by atoms with Crippen molar-refractivity contribution in [1.29, 1.82) is 0 Å². The van der Waals surface area contributed by atoms with Gasteiger partial charge in [0.25, 0.3) is 5.91 Å². The van der Waals surface area contributed by atoms with Crippen molar-refractivity contribution in [3.63, 3.8) is 0 Å². The summed E-state index contributed by atoms with van der Waals surface area (Å²) in [6, 6.07) is 3.69. The summed E-state index contributed by atoms with van der Waals surface area (Å²) in [4.78, 5) is 18.4. The van der Waals surface area contributed by atoms with Gasteiger partial charge in [-0.2, -0.15) is 4.31 Å². The molecule has 3 rings (SSSR count). The molecule has 0 unspecified atom stereocenters. The molecule has 1 aromatic heterocycles. The minimum atomic E-state index is -3.76. The third-order valence-electron chi connectivity index (χ3n) is 5.21. The van der Waals surface area contributed by atoms with Gasteiger partial charge in [0, 0.05) is 44.6 Å². The van der Waals surface area contributed by atoms with Crippen LogP contribution in [0.15, 0.2) is 41.8 Å². The molecule has 9 heteroatoms. The highest BCUT2D eigenvalue weighted by molar-refractivity contribution is 7.89. The molecular weight excluding hydrogens is 383 g/mol. The van der Waals surface area contributed by atoms with Gasteiger partial charge in [0.15, 0.2) is 0 Å². The highest BCUT2D eigenvalue weighted by Crippen LogP contribution is 2.25. The Morgan fingerprint density at radius 2 is 1.93 bits per heavy atom. The van der Waals surface area contributed by atoms with Gasteiger partial charge < -0.3 is 9.47 Å². The molecule has 2 aromatic rings. The lowest BCUT2D eigenvalue weighted by atomic mass is 10.0. The van der Waals surface area contributed by atoms with Gasteiger partial charge in [0.1, 0.15) is 5.82 Å². The number of benzene rings is 1. The maximum atomic E-state index is 14.4. The van der Waals surface area contributed by atoms with Crippen molar-refractivity contribution >= 4 is 15.9 Å². The van der Waals surface area contributed by atoms with Crippen LogP contribution in [-0.4, -0.2) is 59.3 Å². The number of piperidine rings is 1. The summed E-state index contributed by atoms with van der Waals surface area (Å²) < 4.78 is 43.1. The lowest BCUT2D eigenvalue weighted by Crippen LogP contribution is -2.39. The molecule has 1 aliphatic heterocycles. The standard InChI is InChI=1S/C19H25FN4O3S/c1-3-24(4-2)28(26,27)16-5-6-18(20)17(13-16)19(25)22-10-7-15(8-11-22)23-12-9-21-14-23/h5-6,9,12-15H,3-4,7-8,10-11H2,1-2H3. The molecule has 1 saturated heterocycles. The number of sulfonamides is 1. The second-order valence-corrected chi connectivity index (χ2v) is 8.70. The predicted molar refractivity (Wildman–Crippen MR) is 103 cm³/mol. The Morgan fingerprint density at radius 1 is 1.25 bits per heavy atom. The molecule has 1 fully saturated rings. The van der Waals surface area contributed by atoms with Crippen LogP contribution >= 0.6 is 0 Å². The molecule has 0 atom stereocenters. The summed E-state index contributed by atoms with van der Waals surface area (Å²) in [6.07, 6.45) is 6.84. The molecular formula is C19H25FN4O3S. The zero-order valence-electron chi connectivity index (χ0n) is 16.1. The molecule has 0 saturated carbocycles. The molecule has 1 aliphatic rings.